The van der Waals surface area contributed by atoms with Crippen molar-refractivity contribution in [2.45, 2.75) is 19.5 Å². The van der Waals surface area contributed by atoms with Crippen LogP contribution in [0.4, 0.5) is 0 Å². The predicted molar refractivity (Wildman–Crippen MR) is 59.0 cm³/mol. The Hall–Kier alpha value is -1.04. The van der Waals surface area contributed by atoms with Crippen molar-refractivity contribution in [2.75, 3.05) is 26.9 Å². The van der Waals surface area contributed by atoms with E-state index in [1.54, 1.807) is 7.11 Å². The first-order chi connectivity index (χ1) is 7.90. The van der Waals surface area contributed by atoms with Gasteiger partial charge in [0.05, 0.1) is 25.5 Å². The van der Waals surface area contributed by atoms with Crippen molar-refractivity contribution in [3.8, 4) is 0 Å². The molecule has 0 saturated heterocycles. The summed E-state index contributed by atoms with van der Waals surface area (Å²) in [5.74, 6) is 0.861. The van der Waals surface area contributed by atoms with Gasteiger partial charge in [-0.2, -0.15) is 0 Å². The molecule has 5 nitrogen and oxygen atoms in total. The third-order valence-corrected chi connectivity index (χ3v) is 2.51. The summed E-state index contributed by atoms with van der Waals surface area (Å²) in [6.45, 7) is 3.66. The fraction of sp³-hybridized carbons (Fsp3) is 0.636. The first-order valence-electron chi connectivity index (χ1n) is 5.51. The molecule has 0 atom stereocenters. The molecule has 0 bridgehead atoms. The lowest BCUT2D eigenvalue weighted by Crippen LogP contribution is -2.08. The van der Waals surface area contributed by atoms with Gasteiger partial charge in [-0.25, -0.2) is 9.97 Å². The highest BCUT2D eigenvalue weighted by Crippen LogP contribution is 2.11. The molecule has 0 aliphatic carbocycles. The Morgan fingerprint density at radius 3 is 3.12 bits per heavy atom. The molecule has 0 fully saturated rings. The van der Waals surface area contributed by atoms with Crippen LogP contribution >= 0.6 is 0 Å². The third-order valence-electron chi connectivity index (χ3n) is 2.51. The lowest BCUT2D eigenvalue weighted by Gasteiger charge is -2.04. The number of hydrogen-bond acceptors (Lipinski definition) is 5. The Kier molecular flexibility index (Phi) is 4.21. The quantitative estimate of drug-likeness (QED) is 0.702. The molecular weight excluding hydrogens is 206 g/mol. The van der Waals surface area contributed by atoms with Crippen LogP contribution in [0.2, 0.25) is 0 Å². The van der Waals surface area contributed by atoms with E-state index in [2.05, 4.69) is 15.3 Å². The van der Waals surface area contributed by atoms with Gasteiger partial charge in [0.15, 0.2) is 0 Å². The van der Waals surface area contributed by atoms with E-state index in [0.717, 1.165) is 31.0 Å². The van der Waals surface area contributed by atoms with Crippen molar-refractivity contribution in [3.63, 3.8) is 0 Å². The van der Waals surface area contributed by atoms with Gasteiger partial charge in [0.1, 0.15) is 5.82 Å². The summed E-state index contributed by atoms with van der Waals surface area (Å²) < 4.78 is 10.3. The van der Waals surface area contributed by atoms with Gasteiger partial charge in [0, 0.05) is 38.4 Å². The maximum absolute atomic E-state index is 5.38. The summed E-state index contributed by atoms with van der Waals surface area (Å²) in [6.07, 6.45) is 2.67. The van der Waals surface area contributed by atoms with Crippen molar-refractivity contribution < 1.29 is 9.47 Å². The molecule has 0 radical (unpaired) electrons. The Bertz CT molecular complexity index is 344. The summed E-state index contributed by atoms with van der Waals surface area (Å²) in [4.78, 5) is 8.79. The first-order valence-corrected chi connectivity index (χ1v) is 5.51. The van der Waals surface area contributed by atoms with Gasteiger partial charge >= 0.3 is 0 Å². The number of aromatic nitrogens is 2. The molecule has 16 heavy (non-hydrogen) atoms. The minimum Gasteiger partial charge on any atom is -0.382 e. The Morgan fingerprint density at radius 2 is 2.25 bits per heavy atom. The van der Waals surface area contributed by atoms with Crippen LogP contribution in [0.5, 0.6) is 0 Å². The van der Waals surface area contributed by atoms with E-state index in [-0.39, 0.29) is 0 Å². The zero-order valence-electron chi connectivity index (χ0n) is 9.53. The molecule has 0 unspecified atom stereocenters. The number of nitrogens with one attached hydrogen (secondary N) is 1. The van der Waals surface area contributed by atoms with Gasteiger partial charge in [-0.05, 0) is 0 Å². The number of methoxy groups -OCH3 is 1. The van der Waals surface area contributed by atoms with Crippen LogP contribution in [0.15, 0.2) is 6.20 Å². The van der Waals surface area contributed by atoms with Gasteiger partial charge in [-0.15, -0.1) is 0 Å². The summed E-state index contributed by atoms with van der Waals surface area (Å²) in [5.41, 5.74) is 2.34. The summed E-state index contributed by atoms with van der Waals surface area (Å²) in [6, 6.07) is 0. The van der Waals surface area contributed by atoms with Gasteiger partial charge < -0.3 is 14.8 Å². The smallest absolute Gasteiger partial charge is 0.130 e. The van der Waals surface area contributed by atoms with Crippen molar-refractivity contribution in [3.05, 3.63) is 23.3 Å². The van der Waals surface area contributed by atoms with Gasteiger partial charge in [-0.3, -0.25) is 0 Å². The highest BCUT2D eigenvalue weighted by molar-refractivity contribution is 5.21. The molecule has 1 aromatic heterocycles. The molecule has 5 heteroatoms. The Balaban J connectivity index is 1.77. The molecule has 2 rings (SSSR count). The van der Waals surface area contributed by atoms with E-state index in [0.29, 0.717) is 19.8 Å². The van der Waals surface area contributed by atoms with Gasteiger partial charge in [-0.1, -0.05) is 0 Å². The van der Waals surface area contributed by atoms with Crippen LogP contribution in [-0.4, -0.2) is 36.9 Å². The van der Waals surface area contributed by atoms with E-state index in [9.17, 15) is 0 Å². The third kappa shape index (κ3) is 2.98. The van der Waals surface area contributed by atoms with E-state index in [4.69, 9.17) is 9.47 Å². The molecule has 0 saturated carbocycles. The number of hydrogen-bond donors (Lipinski definition) is 1. The van der Waals surface area contributed by atoms with Crippen LogP contribution in [0, 0.1) is 0 Å². The lowest BCUT2D eigenvalue weighted by molar-refractivity contribution is 0.0716. The van der Waals surface area contributed by atoms with Crippen molar-refractivity contribution in [1.82, 2.24) is 15.3 Å². The second-order valence-electron chi connectivity index (χ2n) is 3.72. The minimum absolute atomic E-state index is 0.628. The Morgan fingerprint density at radius 1 is 1.31 bits per heavy atom. The molecule has 0 aromatic carbocycles. The molecule has 1 aromatic rings. The number of ether oxygens (including phenoxy) is 2. The van der Waals surface area contributed by atoms with E-state index in [1.807, 2.05) is 6.20 Å². The largest absolute Gasteiger partial charge is 0.382 e. The molecule has 0 spiro atoms. The van der Waals surface area contributed by atoms with Crippen molar-refractivity contribution in [1.29, 1.82) is 0 Å². The Labute approximate surface area is 95.2 Å². The number of nitrogens with zero attached hydrogens (tertiary/aromatic N) is 2. The molecule has 1 aliphatic rings. The van der Waals surface area contributed by atoms with E-state index < -0.39 is 0 Å². The topological polar surface area (TPSA) is 56.3 Å². The fourth-order valence-corrected chi connectivity index (χ4v) is 1.63. The summed E-state index contributed by atoms with van der Waals surface area (Å²) in [5, 5.41) is 3.25. The van der Waals surface area contributed by atoms with Crippen LogP contribution in [0.1, 0.15) is 17.1 Å². The molecule has 1 aliphatic heterocycles. The molecule has 0 amide bonds. The van der Waals surface area contributed by atoms with Gasteiger partial charge in [0.25, 0.3) is 0 Å². The normalized spacial score (nSPS) is 14.1. The highest BCUT2D eigenvalue weighted by Gasteiger charge is 2.12. The highest BCUT2D eigenvalue weighted by atomic mass is 16.5. The van der Waals surface area contributed by atoms with Crippen LogP contribution < -0.4 is 5.32 Å². The maximum atomic E-state index is 5.38. The van der Waals surface area contributed by atoms with Gasteiger partial charge in [0.2, 0.25) is 0 Å². The first kappa shape index (κ1) is 11.4. The molecule has 2 heterocycles. The SMILES string of the molecule is COCCOCCc1ncc2c(n1)CNC2. The van der Waals surface area contributed by atoms with Crippen molar-refractivity contribution in [2.24, 2.45) is 0 Å². The van der Waals surface area contributed by atoms with Crippen LogP contribution in [-0.2, 0) is 29.0 Å². The lowest BCUT2D eigenvalue weighted by atomic mass is 10.2. The zero-order chi connectivity index (χ0) is 11.2. The minimum atomic E-state index is 0.628. The second kappa shape index (κ2) is 5.89. The standard InChI is InChI=1S/C11H17N3O2/c1-15-4-5-16-3-2-11-13-7-9-6-12-8-10(9)14-11/h7,12H,2-6,8H2,1H3. The average molecular weight is 223 g/mol. The number of rotatable bonds is 6. The van der Waals surface area contributed by atoms with Crippen molar-refractivity contribution >= 4 is 0 Å². The zero-order valence-corrected chi connectivity index (χ0v) is 9.53. The monoisotopic (exact) mass is 223 g/mol. The van der Waals surface area contributed by atoms with E-state index >= 15 is 0 Å². The van der Waals surface area contributed by atoms with E-state index in [1.165, 1.54) is 5.56 Å². The molecule has 88 valence electrons. The predicted octanol–water partition coefficient (Wildman–Crippen LogP) is 0.285. The average Bonchev–Trinajstić information content (AvgIpc) is 2.76. The summed E-state index contributed by atoms with van der Waals surface area (Å²) >= 11 is 0. The van der Waals surface area contributed by atoms with Crippen LogP contribution in [0.25, 0.3) is 0 Å². The molecule has 1 N–H and O–H groups in total. The maximum Gasteiger partial charge on any atom is 0.130 e. The molecular formula is C11H17N3O2. The van der Waals surface area contributed by atoms with Crippen LogP contribution in [0.3, 0.4) is 0 Å². The summed E-state index contributed by atoms with van der Waals surface area (Å²) in [7, 11) is 1.67. The fourth-order valence-electron chi connectivity index (χ4n) is 1.63. The second-order valence-corrected chi connectivity index (χ2v) is 3.72. The number of fused-ring (bicyclic) bond motifs is 1.